The van der Waals surface area contributed by atoms with Crippen molar-refractivity contribution in [1.82, 2.24) is 10.2 Å². The molecule has 0 unspecified atom stereocenters. The standard InChI is InChI=1S/C18H30N2O4/c1-5-19-17(22)13(4)24-18(23)14-9-16(21)20(10-14)15-8-6-7-11(2)12(15)3/h11-15H,5-10H2,1-4H3,(H,19,22)/t11-,12-,13+,14+,15+/m0/s1. The Kier molecular flexibility index (Phi) is 6.24. The van der Waals surface area contributed by atoms with Crippen molar-refractivity contribution in [2.45, 2.75) is 65.5 Å². The van der Waals surface area contributed by atoms with Crippen LogP contribution in [0, 0.1) is 17.8 Å². The fraction of sp³-hybridized carbons (Fsp3) is 0.833. The zero-order chi connectivity index (χ0) is 17.9. The number of nitrogens with zero attached hydrogens (tertiary/aromatic N) is 1. The SMILES string of the molecule is CCNC(=O)[C@@H](C)OC(=O)[C@@H]1CC(=O)N([C@@H]2CCC[C@H](C)[C@@H]2C)C1. The molecule has 1 heterocycles. The van der Waals surface area contributed by atoms with Crippen LogP contribution >= 0.6 is 0 Å². The van der Waals surface area contributed by atoms with Gasteiger partial charge in [-0.25, -0.2) is 0 Å². The predicted molar refractivity (Wildman–Crippen MR) is 90.0 cm³/mol. The number of rotatable bonds is 5. The number of likely N-dealkylation sites (tertiary alicyclic amines) is 1. The van der Waals surface area contributed by atoms with Gasteiger partial charge in [-0.15, -0.1) is 0 Å². The highest BCUT2D eigenvalue weighted by molar-refractivity contribution is 5.89. The maximum Gasteiger partial charge on any atom is 0.312 e. The van der Waals surface area contributed by atoms with Gasteiger partial charge < -0.3 is 15.0 Å². The predicted octanol–water partition coefficient (Wildman–Crippen LogP) is 1.73. The van der Waals surface area contributed by atoms with E-state index in [9.17, 15) is 14.4 Å². The van der Waals surface area contributed by atoms with Gasteiger partial charge in [0.2, 0.25) is 5.91 Å². The normalized spacial score (nSPS) is 31.7. The fourth-order valence-corrected chi connectivity index (χ4v) is 3.85. The van der Waals surface area contributed by atoms with Crippen LogP contribution in [0.5, 0.6) is 0 Å². The average Bonchev–Trinajstić information content (AvgIpc) is 2.92. The molecule has 2 rings (SSSR count). The van der Waals surface area contributed by atoms with Gasteiger partial charge in [0.05, 0.1) is 5.92 Å². The first kappa shape index (κ1) is 18.7. The molecule has 0 spiro atoms. The highest BCUT2D eigenvalue weighted by atomic mass is 16.5. The van der Waals surface area contributed by atoms with Crippen molar-refractivity contribution in [1.29, 1.82) is 0 Å². The molecule has 1 aliphatic heterocycles. The number of nitrogens with one attached hydrogen (secondary N) is 1. The van der Waals surface area contributed by atoms with Crippen LogP contribution in [-0.4, -0.2) is 47.9 Å². The molecule has 0 aromatic heterocycles. The van der Waals surface area contributed by atoms with E-state index in [1.54, 1.807) is 6.92 Å². The molecule has 2 amide bonds. The summed E-state index contributed by atoms with van der Waals surface area (Å²) in [6, 6.07) is 0.222. The molecule has 1 N–H and O–H groups in total. The summed E-state index contributed by atoms with van der Waals surface area (Å²) < 4.78 is 5.25. The van der Waals surface area contributed by atoms with Crippen LogP contribution in [0.2, 0.25) is 0 Å². The third-order valence-corrected chi connectivity index (χ3v) is 5.57. The number of carbonyl (C=O) groups excluding carboxylic acids is 3. The van der Waals surface area contributed by atoms with Gasteiger partial charge in [-0.05, 0) is 32.1 Å². The molecular formula is C18H30N2O4. The third kappa shape index (κ3) is 4.08. The summed E-state index contributed by atoms with van der Waals surface area (Å²) in [5.74, 6) is -0.123. The number of amides is 2. The molecule has 1 saturated heterocycles. The summed E-state index contributed by atoms with van der Waals surface area (Å²) in [6.07, 6.45) is 2.71. The molecule has 1 aliphatic carbocycles. The van der Waals surface area contributed by atoms with Gasteiger partial charge in [-0.1, -0.05) is 26.7 Å². The van der Waals surface area contributed by atoms with Crippen LogP contribution in [0.15, 0.2) is 0 Å². The van der Waals surface area contributed by atoms with Crippen molar-refractivity contribution in [2.24, 2.45) is 17.8 Å². The topological polar surface area (TPSA) is 75.7 Å². The van der Waals surface area contributed by atoms with Gasteiger partial charge in [0, 0.05) is 25.6 Å². The Morgan fingerprint density at radius 2 is 2.04 bits per heavy atom. The Morgan fingerprint density at radius 3 is 2.71 bits per heavy atom. The van der Waals surface area contributed by atoms with E-state index in [0.717, 1.165) is 12.8 Å². The van der Waals surface area contributed by atoms with Crippen molar-refractivity contribution >= 4 is 17.8 Å². The first-order chi connectivity index (χ1) is 11.3. The van der Waals surface area contributed by atoms with E-state index in [2.05, 4.69) is 19.2 Å². The Hall–Kier alpha value is -1.59. The minimum absolute atomic E-state index is 0.0357. The van der Waals surface area contributed by atoms with Crippen LogP contribution in [0.3, 0.4) is 0 Å². The van der Waals surface area contributed by atoms with Crippen molar-refractivity contribution in [2.75, 3.05) is 13.1 Å². The summed E-state index contributed by atoms with van der Waals surface area (Å²) in [5, 5.41) is 2.63. The molecule has 6 nitrogen and oxygen atoms in total. The lowest BCUT2D eigenvalue weighted by Gasteiger charge is -2.39. The monoisotopic (exact) mass is 338 g/mol. The van der Waals surface area contributed by atoms with E-state index < -0.39 is 18.0 Å². The van der Waals surface area contributed by atoms with Crippen LogP contribution in [-0.2, 0) is 19.1 Å². The molecule has 24 heavy (non-hydrogen) atoms. The number of hydrogen-bond donors (Lipinski definition) is 1. The Morgan fingerprint density at radius 1 is 1.33 bits per heavy atom. The highest BCUT2D eigenvalue weighted by Crippen LogP contribution is 2.35. The van der Waals surface area contributed by atoms with Crippen LogP contribution in [0.4, 0.5) is 0 Å². The van der Waals surface area contributed by atoms with Gasteiger partial charge >= 0.3 is 5.97 Å². The maximum atomic E-state index is 12.4. The van der Waals surface area contributed by atoms with Crippen molar-refractivity contribution in [3.8, 4) is 0 Å². The van der Waals surface area contributed by atoms with E-state index in [0.29, 0.717) is 24.9 Å². The average molecular weight is 338 g/mol. The molecular weight excluding hydrogens is 308 g/mol. The second-order valence-corrected chi connectivity index (χ2v) is 7.26. The molecule has 0 radical (unpaired) electrons. The van der Waals surface area contributed by atoms with E-state index in [-0.39, 0.29) is 24.3 Å². The Bertz CT molecular complexity index is 493. The second-order valence-electron chi connectivity index (χ2n) is 7.26. The summed E-state index contributed by atoms with van der Waals surface area (Å²) in [7, 11) is 0. The van der Waals surface area contributed by atoms with Crippen LogP contribution < -0.4 is 5.32 Å². The molecule has 2 fully saturated rings. The molecule has 0 aromatic carbocycles. The Labute approximate surface area is 144 Å². The quantitative estimate of drug-likeness (QED) is 0.775. The highest BCUT2D eigenvalue weighted by Gasteiger charge is 2.42. The summed E-state index contributed by atoms with van der Waals surface area (Å²) >= 11 is 0. The minimum Gasteiger partial charge on any atom is -0.452 e. The maximum absolute atomic E-state index is 12.4. The van der Waals surface area contributed by atoms with Crippen molar-refractivity contribution < 1.29 is 19.1 Å². The van der Waals surface area contributed by atoms with Gasteiger partial charge in [0.1, 0.15) is 0 Å². The summed E-state index contributed by atoms with van der Waals surface area (Å²) in [6.45, 7) is 8.71. The van der Waals surface area contributed by atoms with E-state index in [1.165, 1.54) is 6.42 Å². The fourth-order valence-electron chi connectivity index (χ4n) is 3.85. The Balaban J connectivity index is 1.94. The number of likely N-dealkylation sites (N-methyl/N-ethyl adjacent to an activating group) is 1. The van der Waals surface area contributed by atoms with E-state index in [1.807, 2.05) is 11.8 Å². The second kappa shape index (κ2) is 7.99. The molecule has 2 aliphatic rings. The molecule has 5 atom stereocenters. The molecule has 1 saturated carbocycles. The summed E-state index contributed by atoms with van der Waals surface area (Å²) in [4.78, 5) is 38.3. The largest absolute Gasteiger partial charge is 0.452 e. The summed E-state index contributed by atoms with van der Waals surface area (Å²) in [5.41, 5.74) is 0. The van der Waals surface area contributed by atoms with Gasteiger partial charge in [-0.3, -0.25) is 14.4 Å². The van der Waals surface area contributed by atoms with Crippen molar-refractivity contribution in [3.63, 3.8) is 0 Å². The van der Waals surface area contributed by atoms with E-state index >= 15 is 0 Å². The zero-order valence-electron chi connectivity index (χ0n) is 15.2. The lowest BCUT2D eigenvalue weighted by molar-refractivity contribution is -0.158. The van der Waals surface area contributed by atoms with Gasteiger partial charge in [0.25, 0.3) is 5.91 Å². The van der Waals surface area contributed by atoms with Gasteiger partial charge in [0.15, 0.2) is 6.10 Å². The molecule has 136 valence electrons. The lowest BCUT2D eigenvalue weighted by atomic mass is 9.77. The number of esters is 1. The number of ether oxygens (including phenoxy) is 1. The van der Waals surface area contributed by atoms with Gasteiger partial charge in [-0.2, -0.15) is 0 Å². The molecule has 0 aromatic rings. The van der Waals surface area contributed by atoms with Crippen LogP contribution in [0.1, 0.15) is 53.4 Å². The van der Waals surface area contributed by atoms with E-state index in [4.69, 9.17) is 4.74 Å². The first-order valence-electron chi connectivity index (χ1n) is 9.12. The third-order valence-electron chi connectivity index (χ3n) is 5.57. The van der Waals surface area contributed by atoms with Crippen LogP contribution in [0.25, 0.3) is 0 Å². The number of hydrogen-bond acceptors (Lipinski definition) is 4. The smallest absolute Gasteiger partial charge is 0.312 e. The number of carbonyl (C=O) groups is 3. The molecule has 0 bridgehead atoms. The molecule has 6 heteroatoms. The van der Waals surface area contributed by atoms with Crippen molar-refractivity contribution in [3.05, 3.63) is 0 Å². The minimum atomic E-state index is -0.824. The lowest BCUT2D eigenvalue weighted by Crippen LogP contribution is -2.45. The zero-order valence-corrected chi connectivity index (χ0v) is 15.2. The first-order valence-corrected chi connectivity index (χ1v) is 9.12.